The first kappa shape index (κ1) is 66.0. The molecule has 0 atom stereocenters. The van der Waals surface area contributed by atoms with Crippen molar-refractivity contribution in [1.29, 1.82) is 0 Å². The molecule has 3 aliphatic carbocycles. The molecule has 0 N–H and O–H groups in total. The summed E-state index contributed by atoms with van der Waals surface area (Å²) < 4.78 is 0. The van der Waals surface area contributed by atoms with Gasteiger partial charge in [0.1, 0.15) is 0 Å². The van der Waals surface area contributed by atoms with Gasteiger partial charge in [-0.05, 0) is 210 Å². The molecule has 3 nitrogen and oxygen atoms in total. The minimum atomic E-state index is 1.05. The zero-order chi connectivity index (χ0) is 62.5. The van der Waals surface area contributed by atoms with Gasteiger partial charge in [-0.25, -0.2) is 0 Å². The van der Waals surface area contributed by atoms with Crippen molar-refractivity contribution in [2.45, 2.75) is 109 Å². The van der Waals surface area contributed by atoms with Crippen LogP contribution in [0.5, 0.6) is 0 Å². The molecule has 88 heavy (non-hydrogen) atoms. The second-order valence-corrected chi connectivity index (χ2v) is 22.2. The quantitative estimate of drug-likeness (QED) is 0.133. The predicted octanol–water partition coefficient (Wildman–Crippen LogP) is 22.8. The van der Waals surface area contributed by atoms with Crippen LogP contribution in [0.1, 0.15) is 123 Å². The average Bonchev–Trinajstić information content (AvgIpc) is 1.63. The number of nitrogens with zero attached hydrogens (tertiary/aromatic N) is 3. The average molecular weight is 1160 g/mol. The number of fused-ring (bicyclic) bond motifs is 23. The summed E-state index contributed by atoms with van der Waals surface area (Å²) >= 11 is 0. The summed E-state index contributed by atoms with van der Waals surface area (Å²) in [6.45, 7) is 38.4. The van der Waals surface area contributed by atoms with E-state index in [9.17, 15) is 0 Å². The van der Waals surface area contributed by atoms with Crippen LogP contribution in [-0.4, -0.2) is 73.6 Å². The van der Waals surface area contributed by atoms with Crippen molar-refractivity contribution < 1.29 is 0 Å². The van der Waals surface area contributed by atoms with Crippen LogP contribution in [0, 0.1) is 0 Å². The van der Waals surface area contributed by atoms with Gasteiger partial charge in [-0.3, -0.25) is 0 Å². The Morgan fingerprint density at radius 3 is 0.886 bits per heavy atom. The molecule has 454 valence electrons. The fraction of sp³-hybridized carbons (Fsp3) is 0.294. The molecule has 3 aliphatic rings. The first-order valence-corrected chi connectivity index (χ1v) is 33.5. The Balaban J connectivity index is 0.000000144. The monoisotopic (exact) mass is 1160 g/mol. The first-order chi connectivity index (χ1) is 43.3. The smallest absolute Gasteiger partial charge is 0.000705 e. The highest BCUT2D eigenvalue weighted by Gasteiger charge is 2.26. The second kappa shape index (κ2) is 32.9. The van der Waals surface area contributed by atoms with E-state index in [1.807, 2.05) is 27.7 Å². The molecule has 0 saturated carbocycles. The largest absolute Gasteiger partial charge is 0.304 e. The fourth-order valence-corrected chi connectivity index (χ4v) is 13.4. The summed E-state index contributed by atoms with van der Waals surface area (Å²) in [6, 6.07) is 79.4. The summed E-state index contributed by atoms with van der Waals surface area (Å²) in [5.41, 5.74) is 17.4. The topological polar surface area (TPSA) is 9.72 Å². The van der Waals surface area contributed by atoms with Crippen LogP contribution in [0.3, 0.4) is 0 Å². The highest BCUT2D eigenvalue weighted by Crippen LogP contribution is 2.48. The Bertz CT molecular complexity index is 3960. The molecule has 0 radical (unpaired) electrons. The predicted molar refractivity (Wildman–Crippen MR) is 392 cm³/mol. The number of hydrogen-bond donors (Lipinski definition) is 0. The lowest BCUT2D eigenvalue weighted by molar-refractivity contribution is 0.321. The zero-order valence-electron chi connectivity index (χ0n) is 55.6. The van der Waals surface area contributed by atoms with Crippen molar-refractivity contribution in [2.75, 3.05) is 58.9 Å². The van der Waals surface area contributed by atoms with Crippen molar-refractivity contribution in [2.24, 2.45) is 0 Å². The summed E-state index contributed by atoms with van der Waals surface area (Å²) in [7, 11) is 0. The first-order valence-electron chi connectivity index (χ1n) is 33.5. The Morgan fingerprint density at radius 2 is 0.500 bits per heavy atom. The molecule has 0 bridgehead atoms. The Labute approximate surface area is 529 Å². The van der Waals surface area contributed by atoms with Gasteiger partial charge in [0, 0.05) is 0 Å². The maximum Gasteiger partial charge on any atom is -0.000705 e. The molecular formula is C85H99N3. The second-order valence-electron chi connectivity index (χ2n) is 22.2. The van der Waals surface area contributed by atoms with E-state index in [-0.39, 0.29) is 0 Å². The molecule has 0 unspecified atom stereocenters. The standard InChI is InChI=1S/3C21H14.3C6H15N.2C2H6/c1-3-7-17-14(5-1)11-12-19-20(17)13-16-10-9-15-6-2-4-8-18(15)21(16)19;2*1-2-8-15-14(7-1)13-20-18-11-4-3-9-16(18)17-10-5-6-12-19(17)21(15)20;3*1-4-7(5-2)6-3;2*1-2/h3*1-12H,13H2;3*4-6H2,1-3H3;2*1-2H3. The lowest BCUT2D eigenvalue weighted by Gasteiger charge is -2.13. The molecule has 0 aliphatic heterocycles. The number of hydrogen-bond acceptors (Lipinski definition) is 3. The van der Waals surface area contributed by atoms with Crippen molar-refractivity contribution in [3.63, 3.8) is 0 Å². The lowest BCUT2D eigenvalue weighted by Crippen LogP contribution is -2.21. The van der Waals surface area contributed by atoms with E-state index in [2.05, 4.69) is 295 Å². The Hall–Kier alpha value is -7.92. The zero-order valence-corrected chi connectivity index (χ0v) is 55.6. The number of rotatable bonds is 9. The van der Waals surface area contributed by atoms with Crippen LogP contribution in [0.15, 0.2) is 218 Å². The van der Waals surface area contributed by atoms with E-state index < -0.39 is 0 Å². The van der Waals surface area contributed by atoms with Crippen LogP contribution in [0.25, 0.3) is 98.0 Å². The van der Waals surface area contributed by atoms with Crippen LogP contribution in [-0.2, 0) is 19.3 Å². The van der Waals surface area contributed by atoms with Crippen molar-refractivity contribution in [3.8, 4) is 33.4 Å². The molecule has 0 amide bonds. The van der Waals surface area contributed by atoms with E-state index in [4.69, 9.17) is 0 Å². The Morgan fingerprint density at radius 1 is 0.216 bits per heavy atom. The molecule has 12 aromatic rings. The van der Waals surface area contributed by atoms with Gasteiger partial charge in [-0.1, -0.05) is 308 Å². The van der Waals surface area contributed by atoms with E-state index in [0.29, 0.717) is 0 Å². The number of benzene rings is 12. The summed E-state index contributed by atoms with van der Waals surface area (Å²) in [6.07, 6.45) is 3.16. The molecule has 3 heteroatoms. The summed E-state index contributed by atoms with van der Waals surface area (Å²) in [5.74, 6) is 0. The van der Waals surface area contributed by atoms with Gasteiger partial charge in [-0.2, -0.15) is 0 Å². The minimum absolute atomic E-state index is 1.05. The Kier molecular flexibility index (Phi) is 24.7. The molecule has 0 spiro atoms. The molecule has 12 aromatic carbocycles. The molecule has 0 aromatic heterocycles. The third-order valence-corrected chi connectivity index (χ3v) is 18.1. The third kappa shape index (κ3) is 14.3. The van der Waals surface area contributed by atoms with Crippen LogP contribution < -0.4 is 0 Å². The van der Waals surface area contributed by atoms with Crippen molar-refractivity contribution in [1.82, 2.24) is 14.7 Å². The fourth-order valence-electron chi connectivity index (χ4n) is 13.4. The molecule has 0 fully saturated rings. The molecule has 0 saturated heterocycles. The van der Waals surface area contributed by atoms with Crippen LogP contribution in [0.2, 0.25) is 0 Å². The van der Waals surface area contributed by atoms with Gasteiger partial charge in [0.2, 0.25) is 0 Å². The van der Waals surface area contributed by atoms with E-state index in [1.54, 1.807) is 0 Å². The highest BCUT2D eigenvalue weighted by atomic mass is 15.1. The van der Waals surface area contributed by atoms with Crippen LogP contribution >= 0.6 is 0 Å². The maximum absolute atomic E-state index is 2.38. The van der Waals surface area contributed by atoms with Gasteiger partial charge < -0.3 is 14.7 Å². The van der Waals surface area contributed by atoms with Crippen molar-refractivity contribution >= 4 is 64.6 Å². The maximum atomic E-state index is 2.38. The van der Waals surface area contributed by atoms with Gasteiger partial charge >= 0.3 is 0 Å². The lowest BCUT2D eigenvalue weighted by atomic mass is 9.92. The summed E-state index contributed by atoms with van der Waals surface area (Å²) in [4.78, 5) is 7.12. The SMILES string of the molecule is CC.CC.CCN(CC)CC.CCN(CC)CC.CCN(CC)CC.c1ccc2c(c1)Cc1c-2c2ccccc2c2ccccc12.c1ccc2c(c1)Cc1c-2c2ccccc2c2ccccc12.c1ccc2c3c(ccc2c1)-c1c(ccc2ccccc12)C3. The van der Waals surface area contributed by atoms with E-state index >= 15 is 0 Å². The van der Waals surface area contributed by atoms with Crippen molar-refractivity contribution in [3.05, 3.63) is 252 Å². The minimum Gasteiger partial charge on any atom is -0.304 e. The van der Waals surface area contributed by atoms with E-state index in [0.717, 1.165) is 19.3 Å². The van der Waals surface area contributed by atoms with Gasteiger partial charge in [0.15, 0.2) is 0 Å². The highest BCUT2D eigenvalue weighted by molar-refractivity contribution is 6.18. The third-order valence-electron chi connectivity index (χ3n) is 18.1. The van der Waals surface area contributed by atoms with Gasteiger partial charge in [0.05, 0.1) is 0 Å². The van der Waals surface area contributed by atoms with Gasteiger partial charge in [0.25, 0.3) is 0 Å². The molecular weight excluding hydrogens is 1060 g/mol. The normalized spacial score (nSPS) is 11.6. The van der Waals surface area contributed by atoms with Crippen LogP contribution in [0.4, 0.5) is 0 Å². The molecule has 0 heterocycles. The van der Waals surface area contributed by atoms with E-state index in [1.165, 1.54) is 190 Å². The molecule has 15 rings (SSSR count). The summed E-state index contributed by atoms with van der Waals surface area (Å²) in [5, 5.41) is 16.5. The van der Waals surface area contributed by atoms with Gasteiger partial charge in [-0.15, -0.1) is 0 Å².